The van der Waals surface area contributed by atoms with Crippen molar-refractivity contribution in [2.45, 2.75) is 13.1 Å². The zero-order valence-corrected chi connectivity index (χ0v) is 18.2. The summed E-state index contributed by atoms with van der Waals surface area (Å²) in [6.45, 7) is 0.489. The van der Waals surface area contributed by atoms with Crippen LogP contribution in [0.4, 0.5) is 0 Å². The summed E-state index contributed by atoms with van der Waals surface area (Å²) >= 11 is 5.34. The fraction of sp³-hybridized carbons (Fsp3) is 0.286. The molecule has 0 radical (unpaired) electrons. The van der Waals surface area contributed by atoms with Gasteiger partial charge in [-0.2, -0.15) is 5.10 Å². The number of H-pyrrole nitrogens is 1. The Morgan fingerprint density at radius 3 is 2.40 bits per heavy atom. The largest absolute Gasteiger partial charge is 0.497 e. The van der Waals surface area contributed by atoms with Gasteiger partial charge in [0.2, 0.25) is 5.91 Å². The number of benzene rings is 2. The van der Waals surface area contributed by atoms with Crippen molar-refractivity contribution in [1.82, 2.24) is 19.7 Å². The van der Waals surface area contributed by atoms with Gasteiger partial charge in [-0.15, -0.1) is 0 Å². The molecule has 1 heterocycles. The molecule has 3 aromatic rings. The van der Waals surface area contributed by atoms with Crippen LogP contribution in [0, 0.1) is 4.77 Å². The Bertz CT molecular complexity index is 1080. The van der Waals surface area contributed by atoms with Gasteiger partial charge in [-0.1, -0.05) is 6.07 Å². The number of hydrogen-bond donors (Lipinski definition) is 1. The molecule has 3 rings (SSSR count). The third kappa shape index (κ3) is 4.62. The van der Waals surface area contributed by atoms with Gasteiger partial charge in [0.05, 0.1) is 21.3 Å². The lowest BCUT2D eigenvalue weighted by atomic mass is 10.2. The average molecular weight is 429 g/mol. The molecule has 1 N–H and O–H groups in total. The highest BCUT2D eigenvalue weighted by Crippen LogP contribution is 2.28. The molecule has 8 nitrogen and oxygen atoms in total. The maximum absolute atomic E-state index is 12.9. The fourth-order valence-corrected chi connectivity index (χ4v) is 3.22. The number of aromatic amines is 1. The van der Waals surface area contributed by atoms with Gasteiger partial charge >= 0.3 is 0 Å². The van der Waals surface area contributed by atoms with Gasteiger partial charge in [0, 0.05) is 19.2 Å². The van der Waals surface area contributed by atoms with Crippen LogP contribution in [0.15, 0.2) is 42.5 Å². The third-order valence-electron chi connectivity index (χ3n) is 4.69. The summed E-state index contributed by atoms with van der Waals surface area (Å²) < 4.78 is 17.9. The van der Waals surface area contributed by atoms with E-state index in [0.717, 1.165) is 16.9 Å². The van der Waals surface area contributed by atoms with Crippen molar-refractivity contribution >= 4 is 18.1 Å². The van der Waals surface area contributed by atoms with E-state index in [1.54, 1.807) is 37.8 Å². The summed E-state index contributed by atoms with van der Waals surface area (Å²) in [7, 11) is 6.52. The molecule has 0 atom stereocenters. The van der Waals surface area contributed by atoms with E-state index in [1.165, 1.54) is 0 Å². The van der Waals surface area contributed by atoms with Gasteiger partial charge in [0.25, 0.3) is 0 Å². The van der Waals surface area contributed by atoms with Crippen molar-refractivity contribution in [3.8, 4) is 28.6 Å². The second kappa shape index (κ2) is 9.45. The number of amides is 1. The van der Waals surface area contributed by atoms with Gasteiger partial charge in [-0.05, 0) is 54.2 Å². The number of hydrogen-bond acceptors (Lipinski definition) is 6. The van der Waals surface area contributed by atoms with E-state index >= 15 is 0 Å². The summed E-state index contributed by atoms with van der Waals surface area (Å²) in [5.74, 6) is 2.50. The van der Waals surface area contributed by atoms with Crippen LogP contribution in [0.25, 0.3) is 11.4 Å². The van der Waals surface area contributed by atoms with Crippen LogP contribution in [0.3, 0.4) is 0 Å². The molecule has 0 aliphatic rings. The molecule has 30 heavy (non-hydrogen) atoms. The second-order valence-corrected chi connectivity index (χ2v) is 6.99. The lowest BCUT2D eigenvalue weighted by Gasteiger charge is -2.19. The summed E-state index contributed by atoms with van der Waals surface area (Å²) in [4.78, 5) is 14.5. The number of rotatable bonds is 8. The van der Waals surface area contributed by atoms with Gasteiger partial charge in [-0.3, -0.25) is 14.5 Å². The summed E-state index contributed by atoms with van der Waals surface area (Å²) in [6.07, 6.45) is 0. The monoisotopic (exact) mass is 428 g/mol. The minimum absolute atomic E-state index is 0.0699. The van der Waals surface area contributed by atoms with Crippen LogP contribution in [0.1, 0.15) is 5.56 Å². The molecular formula is C21H24N4O4S. The van der Waals surface area contributed by atoms with Crippen molar-refractivity contribution in [3.63, 3.8) is 0 Å². The molecule has 0 saturated heterocycles. The normalized spacial score (nSPS) is 10.5. The highest BCUT2D eigenvalue weighted by Gasteiger charge is 2.16. The molecule has 0 saturated carbocycles. The zero-order chi connectivity index (χ0) is 21.7. The lowest BCUT2D eigenvalue weighted by Crippen LogP contribution is -2.30. The summed E-state index contributed by atoms with van der Waals surface area (Å²) in [6, 6.07) is 13.0. The molecule has 0 fully saturated rings. The van der Waals surface area contributed by atoms with E-state index in [1.807, 2.05) is 42.5 Å². The first kappa shape index (κ1) is 21.4. The van der Waals surface area contributed by atoms with Crippen molar-refractivity contribution < 1.29 is 19.0 Å². The SMILES string of the molecule is COc1ccc(-c2n[nH]c(=S)n2CC(=O)N(C)Cc2ccc(OC)c(OC)c2)cc1. The van der Waals surface area contributed by atoms with Crippen molar-refractivity contribution in [3.05, 3.63) is 52.8 Å². The van der Waals surface area contributed by atoms with Gasteiger partial charge in [-0.25, -0.2) is 0 Å². The van der Waals surface area contributed by atoms with Crippen LogP contribution in [-0.2, 0) is 17.9 Å². The highest BCUT2D eigenvalue weighted by atomic mass is 32.1. The topological polar surface area (TPSA) is 81.6 Å². The van der Waals surface area contributed by atoms with Gasteiger partial charge in [0.1, 0.15) is 12.3 Å². The predicted octanol–water partition coefficient (Wildman–Crippen LogP) is 3.29. The van der Waals surface area contributed by atoms with Crippen molar-refractivity contribution in [1.29, 1.82) is 0 Å². The zero-order valence-electron chi connectivity index (χ0n) is 17.3. The molecule has 0 unspecified atom stereocenters. The van der Waals surface area contributed by atoms with E-state index in [2.05, 4.69) is 10.2 Å². The Balaban J connectivity index is 1.76. The molecular weight excluding hydrogens is 404 g/mol. The molecule has 0 aliphatic carbocycles. The quantitative estimate of drug-likeness (QED) is 0.555. The number of aromatic nitrogens is 3. The molecule has 1 amide bonds. The number of methoxy groups -OCH3 is 3. The first-order valence-electron chi connectivity index (χ1n) is 9.21. The third-order valence-corrected chi connectivity index (χ3v) is 5.00. The second-order valence-electron chi connectivity index (χ2n) is 6.61. The number of nitrogens with zero attached hydrogens (tertiary/aromatic N) is 3. The fourth-order valence-electron chi connectivity index (χ4n) is 3.02. The molecule has 1 aromatic heterocycles. The molecule has 0 aliphatic heterocycles. The molecule has 0 spiro atoms. The predicted molar refractivity (Wildman–Crippen MR) is 115 cm³/mol. The summed E-state index contributed by atoms with van der Waals surface area (Å²) in [5, 5.41) is 7.05. The van der Waals surface area contributed by atoms with Gasteiger partial charge < -0.3 is 19.1 Å². The lowest BCUT2D eigenvalue weighted by molar-refractivity contribution is -0.131. The Morgan fingerprint density at radius 1 is 1.07 bits per heavy atom. The number of nitrogens with one attached hydrogen (secondary N) is 1. The minimum atomic E-state index is -0.1000. The van der Waals surface area contributed by atoms with Crippen LogP contribution in [-0.4, -0.2) is 53.9 Å². The molecule has 158 valence electrons. The first-order valence-corrected chi connectivity index (χ1v) is 9.62. The average Bonchev–Trinajstić information content (AvgIpc) is 3.13. The molecule has 2 aromatic carbocycles. The van der Waals surface area contributed by atoms with Gasteiger partial charge in [0.15, 0.2) is 22.1 Å². The van der Waals surface area contributed by atoms with Crippen LogP contribution < -0.4 is 14.2 Å². The minimum Gasteiger partial charge on any atom is -0.497 e. The van der Waals surface area contributed by atoms with Crippen LogP contribution >= 0.6 is 12.2 Å². The number of ether oxygens (including phenoxy) is 3. The van der Waals surface area contributed by atoms with E-state index in [4.69, 9.17) is 26.4 Å². The maximum atomic E-state index is 12.9. The highest BCUT2D eigenvalue weighted by molar-refractivity contribution is 7.71. The number of carbonyl (C=O) groups is 1. The number of likely N-dealkylation sites (N-methyl/N-ethyl adjacent to an activating group) is 1. The Morgan fingerprint density at radius 2 is 1.77 bits per heavy atom. The Hall–Kier alpha value is -3.33. The number of carbonyl (C=O) groups excluding carboxylic acids is 1. The molecule has 9 heteroatoms. The van der Waals surface area contributed by atoms with Crippen molar-refractivity contribution in [2.75, 3.05) is 28.4 Å². The van der Waals surface area contributed by atoms with E-state index in [9.17, 15) is 4.79 Å². The van der Waals surface area contributed by atoms with E-state index in [0.29, 0.717) is 28.6 Å². The summed E-state index contributed by atoms with van der Waals surface area (Å²) in [5.41, 5.74) is 1.76. The Labute approximate surface area is 180 Å². The smallest absolute Gasteiger partial charge is 0.242 e. The molecule has 0 bridgehead atoms. The maximum Gasteiger partial charge on any atom is 0.242 e. The van der Waals surface area contributed by atoms with Crippen molar-refractivity contribution in [2.24, 2.45) is 0 Å². The Kier molecular flexibility index (Phi) is 6.73. The van der Waals surface area contributed by atoms with Crippen LogP contribution in [0.2, 0.25) is 0 Å². The van der Waals surface area contributed by atoms with Crippen LogP contribution in [0.5, 0.6) is 17.2 Å². The first-order chi connectivity index (χ1) is 14.5. The van der Waals surface area contributed by atoms with E-state index in [-0.39, 0.29) is 12.5 Å². The standard InChI is InChI=1S/C21H24N4O4S/c1-24(12-14-5-10-17(28-3)18(11-14)29-4)19(26)13-25-20(22-23-21(25)30)15-6-8-16(27-2)9-7-15/h5-11H,12-13H2,1-4H3,(H,23,30). The van der Waals surface area contributed by atoms with E-state index < -0.39 is 0 Å².